The molecule has 0 saturated carbocycles. The van der Waals surface area contributed by atoms with Crippen molar-refractivity contribution in [3.8, 4) is 0 Å². The summed E-state index contributed by atoms with van der Waals surface area (Å²) in [6.07, 6.45) is 1.82. The maximum atomic E-state index is 5.68. The van der Waals surface area contributed by atoms with E-state index in [9.17, 15) is 0 Å². The van der Waals surface area contributed by atoms with Crippen molar-refractivity contribution in [1.29, 1.82) is 0 Å². The minimum Gasteiger partial charge on any atom is -0.380 e. The highest BCUT2D eigenvalue weighted by atomic mass is 16.5. The molecule has 3 heteroatoms. The summed E-state index contributed by atoms with van der Waals surface area (Å²) in [6, 6.07) is 0.325. The molecular weight excluding hydrogens is 154 g/mol. The molecule has 1 fully saturated rings. The van der Waals surface area contributed by atoms with E-state index >= 15 is 0 Å². The molecule has 0 amide bonds. The van der Waals surface area contributed by atoms with Gasteiger partial charge in [0, 0.05) is 13.5 Å². The molecule has 1 aliphatic heterocycles. The van der Waals surface area contributed by atoms with E-state index in [2.05, 4.69) is 19.2 Å². The van der Waals surface area contributed by atoms with Gasteiger partial charge in [0.2, 0.25) is 0 Å². The van der Waals surface area contributed by atoms with Crippen LogP contribution in [0.1, 0.15) is 20.3 Å². The first-order valence-corrected chi connectivity index (χ1v) is 4.54. The highest BCUT2D eigenvalue weighted by molar-refractivity contribution is 4.87. The molecule has 1 heterocycles. The highest BCUT2D eigenvalue weighted by Gasteiger charge is 2.33. The van der Waals surface area contributed by atoms with Crippen LogP contribution in [0, 0.1) is 0 Å². The first-order valence-electron chi connectivity index (χ1n) is 4.54. The Hall–Kier alpha value is -0.120. The minimum atomic E-state index is 0.240. The lowest BCUT2D eigenvalue weighted by atomic mass is 9.97. The number of hydrogen-bond donors (Lipinski definition) is 1. The van der Waals surface area contributed by atoms with E-state index in [4.69, 9.17) is 9.47 Å². The SMILES string of the molecule is CN[C@H]1[C@H](C)O[C@@H](C)C[C@@H]1OC. The van der Waals surface area contributed by atoms with Crippen LogP contribution >= 0.6 is 0 Å². The van der Waals surface area contributed by atoms with Crippen molar-refractivity contribution in [3.63, 3.8) is 0 Å². The Kier molecular flexibility index (Phi) is 3.50. The predicted molar refractivity (Wildman–Crippen MR) is 48.3 cm³/mol. The third-order valence-electron chi connectivity index (χ3n) is 2.55. The maximum absolute atomic E-state index is 5.68. The summed E-state index contributed by atoms with van der Waals surface area (Å²) >= 11 is 0. The molecule has 0 radical (unpaired) electrons. The van der Waals surface area contributed by atoms with Crippen LogP contribution in [0.4, 0.5) is 0 Å². The van der Waals surface area contributed by atoms with Gasteiger partial charge in [-0.3, -0.25) is 0 Å². The summed E-state index contributed by atoms with van der Waals surface area (Å²) in [5.74, 6) is 0. The Labute approximate surface area is 74.4 Å². The summed E-state index contributed by atoms with van der Waals surface area (Å²) in [6.45, 7) is 4.18. The van der Waals surface area contributed by atoms with Crippen molar-refractivity contribution in [2.75, 3.05) is 14.2 Å². The van der Waals surface area contributed by atoms with E-state index in [1.165, 1.54) is 0 Å². The van der Waals surface area contributed by atoms with E-state index in [1.807, 2.05) is 7.05 Å². The molecule has 0 aromatic heterocycles. The van der Waals surface area contributed by atoms with Crippen LogP contribution in [0.2, 0.25) is 0 Å². The van der Waals surface area contributed by atoms with Gasteiger partial charge in [0.25, 0.3) is 0 Å². The van der Waals surface area contributed by atoms with Crippen molar-refractivity contribution in [1.82, 2.24) is 5.32 Å². The lowest BCUT2D eigenvalue weighted by Crippen LogP contribution is -2.53. The summed E-state index contributed by atoms with van der Waals surface area (Å²) in [4.78, 5) is 0. The number of nitrogens with one attached hydrogen (secondary N) is 1. The lowest BCUT2D eigenvalue weighted by Gasteiger charge is -2.38. The molecule has 0 bridgehead atoms. The van der Waals surface area contributed by atoms with Crippen molar-refractivity contribution in [2.45, 2.75) is 44.6 Å². The fourth-order valence-corrected chi connectivity index (χ4v) is 1.95. The van der Waals surface area contributed by atoms with E-state index in [0.717, 1.165) is 6.42 Å². The largest absolute Gasteiger partial charge is 0.380 e. The van der Waals surface area contributed by atoms with Crippen LogP contribution in [0.15, 0.2) is 0 Å². The molecule has 0 spiro atoms. The second-order valence-electron chi connectivity index (χ2n) is 3.48. The van der Waals surface area contributed by atoms with Gasteiger partial charge in [-0.2, -0.15) is 0 Å². The van der Waals surface area contributed by atoms with Crippen molar-refractivity contribution >= 4 is 0 Å². The van der Waals surface area contributed by atoms with E-state index in [1.54, 1.807) is 7.11 Å². The maximum Gasteiger partial charge on any atom is 0.0774 e. The van der Waals surface area contributed by atoms with Gasteiger partial charge in [0.05, 0.1) is 24.4 Å². The molecule has 0 aromatic carbocycles. The average Bonchev–Trinajstić information content (AvgIpc) is 2.03. The smallest absolute Gasteiger partial charge is 0.0774 e. The number of methoxy groups -OCH3 is 1. The van der Waals surface area contributed by atoms with Crippen molar-refractivity contribution in [2.24, 2.45) is 0 Å². The average molecular weight is 173 g/mol. The summed E-state index contributed by atoms with van der Waals surface area (Å²) in [5.41, 5.74) is 0. The summed E-state index contributed by atoms with van der Waals surface area (Å²) in [7, 11) is 3.71. The first-order chi connectivity index (χ1) is 5.69. The van der Waals surface area contributed by atoms with Crippen molar-refractivity contribution < 1.29 is 9.47 Å². The number of rotatable bonds is 2. The van der Waals surface area contributed by atoms with E-state index in [-0.39, 0.29) is 12.2 Å². The fourth-order valence-electron chi connectivity index (χ4n) is 1.95. The zero-order valence-electron chi connectivity index (χ0n) is 8.33. The Morgan fingerprint density at radius 1 is 1.42 bits per heavy atom. The fraction of sp³-hybridized carbons (Fsp3) is 1.00. The molecule has 3 nitrogen and oxygen atoms in total. The van der Waals surface area contributed by atoms with Gasteiger partial charge >= 0.3 is 0 Å². The molecule has 1 aliphatic rings. The quantitative estimate of drug-likeness (QED) is 0.669. The van der Waals surface area contributed by atoms with Gasteiger partial charge in [-0.25, -0.2) is 0 Å². The van der Waals surface area contributed by atoms with Crippen LogP contribution in [0.5, 0.6) is 0 Å². The summed E-state index contributed by atoms with van der Waals surface area (Å²) < 4.78 is 11.1. The van der Waals surface area contributed by atoms with E-state index in [0.29, 0.717) is 12.1 Å². The predicted octanol–water partition coefficient (Wildman–Crippen LogP) is 0.787. The lowest BCUT2D eigenvalue weighted by molar-refractivity contribution is -0.112. The summed E-state index contributed by atoms with van der Waals surface area (Å²) in [5, 5.41) is 3.23. The zero-order chi connectivity index (χ0) is 9.14. The molecule has 12 heavy (non-hydrogen) atoms. The molecule has 4 atom stereocenters. The van der Waals surface area contributed by atoms with Gasteiger partial charge in [-0.05, 0) is 20.9 Å². The molecule has 0 aromatic rings. The standard InChI is InChI=1S/C9H19NO2/c1-6-5-8(11-4)9(10-3)7(2)12-6/h6-10H,5H2,1-4H3/t6-,7-,8-,9-/m0/s1. The monoisotopic (exact) mass is 173 g/mol. The normalized spacial score (nSPS) is 43.0. The Bertz CT molecular complexity index is 140. The Morgan fingerprint density at radius 3 is 2.58 bits per heavy atom. The van der Waals surface area contributed by atoms with Gasteiger partial charge < -0.3 is 14.8 Å². The first kappa shape index (κ1) is 9.96. The molecule has 0 unspecified atom stereocenters. The van der Waals surface area contributed by atoms with Gasteiger partial charge in [0.15, 0.2) is 0 Å². The van der Waals surface area contributed by atoms with E-state index < -0.39 is 0 Å². The second-order valence-corrected chi connectivity index (χ2v) is 3.48. The van der Waals surface area contributed by atoms with Crippen molar-refractivity contribution in [3.05, 3.63) is 0 Å². The zero-order valence-corrected chi connectivity index (χ0v) is 8.33. The van der Waals surface area contributed by atoms with Gasteiger partial charge in [-0.15, -0.1) is 0 Å². The molecule has 1 saturated heterocycles. The van der Waals surface area contributed by atoms with Gasteiger partial charge in [-0.1, -0.05) is 0 Å². The highest BCUT2D eigenvalue weighted by Crippen LogP contribution is 2.21. The number of ether oxygens (including phenoxy) is 2. The third kappa shape index (κ3) is 1.97. The molecule has 1 rings (SSSR count). The van der Waals surface area contributed by atoms with Crippen LogP contribution < -0.4 is 5.32 Å². The molecule has 1 N–H and O–H groups in total. The molecular formula is C9H19NO2. The second kappa shape index (κ2) is 4.21. The molecule has 0 aliphatic carbocycles. The minimum absolute atomic E-state index is 0.240. The van der Waals surface area contributed by atoms with Crippen LogP contribution in [-0.4, -0.2) is 38.5 Å². The number of hydrogen-bond acceptors (Lipinski definition) is 3. The van der Waals surface area contributed by atoms with Gasteiger partial charge in [0.1, 0.15) is 0 Å². The van der Waals surface area contributed by atoms with Crippen LogP contribution in [0.3, 0.4) is 0 Å². The topological polar surface area (TPSA) is 30.5 Å². The number of likely N-dealkylation sites (N-methyl/N-ethyl adjacent to an activating group) is 1. The van der Waals surface area contributed by atoms with Crippen LogP contribution in [0.25, 0.3) is 0 Å². The third-order valence-corrected chi connectivity index (χ3v) is 2.55. The Balaban J connectivity index is 2.56. The van der Waals surface area contributed by atoms with Crippen LogP contribution in [-0.2, 0) is 9.47 Å². The molecule has 72 valence electrons. The Morgan fingerprint density at radius 2 is 2.08 bits per heavy atom.